The van der Waals surface area contributed by atoms with Gasteiger partial charge in [0.05, 0.1) is 4.91 Å². The van der Waals surface area contributed by atoms with Crippen molar-refractivity contribution in [2.75, 3.05) is 13.1 Å². The maximum atomic E-state index is 13.0. The Balaban J connectivity index is 1.63. The van der Waals surface area contributed by atoms with E-state index in [1.807, 2.05) is 53.8 Å². The number of benzene rings is 1. The van der Waals surface area contributed by atoms with Crippen LogP contribution in [0.25, 0.3) is 17.0 Å². The number of likely N-dealkylation sites (tertiary alicyclic amines) is 1. The molecule has 3 amide bonds. The van der Waals surface area contributed by atoms with Crippen LogP contribution < -0.4 is 0 Å². The average Bonchev–Trinajstić information content (AvgIpc) is 3.20. The van der Waals surface area contributed by atoms with Crippen molar-refractivity contribution in [1.82, 2.24) is 14.4 Å². The minimum absolute atomic E-state index is 0.122. The highest BCUT2D eigenvalue weighted by Gasteiger charge is 2.35. The Hall–Kier alpha value is -2.54. The first-order valence-corrected chi connectivity index (χ1v) is 11.8. The van der Waals surface area contributed by atoms with Crippen LogP contribution in [0.4, 0.5) is 4.79 Å². The fourth-order valence-electron chi connectivity index (χ4n) is 4.39. The second-order valence-corrected chi connectivity index (χ2v) is 9.84. The average molecular weight is 440 g/mol. The molecule has 2 aliphatic rings. The smallest absolute Gasteiger partial charge is 0.293 e. The van der Waals surface area contributed by atoms with Crippen LogP contribution in [0.1, 0.15) is 45.6 Å². The van der Waals surface area contributed by atoms with E-state index in [-0.39, 0.29) is 35.6 Å². The first kappa shape index (κ1) is 21.7. The molecule has 1 aromatic carbocycles. The first-order valence-electron chi connectivity index (χ1n) is 11.0. The molecule has 4 rings (SSSR count). The molecule has 0 spiro atoms. The number of carbonyl (C=O) groups is 3. The van der Waals surface area contributed by atoms with E-state index in [0.29, 0.717) is 11.4 Å². The molecular weight excluding hydrogens is 410 g/mol. The molecule has 3 heterocycles. The van der Waals surface area contributed by atoms with Gasteiger partial charge in [-0.2, -0.15) is 0 Å². The quantitative estimate of drug-likeness (QED) is 0.632. The predicted molar refractivity (Wildman–Crippen MR) is 124 cm³/mol. The van der Waals surface area contributed by atoms with E-state index >= 15 is 0 Å². The number of rotatable bonds is 5. The second kappa shape index (κ2) is 8.91. The summed E-state index contributed by atoms with van der Waals surface area (Å²) in [4.78, 5) is 41.8. The molecule has 0 N–H and O–H groups in total. The van der Waals surface area contributed by atoms with E-state index in [1.165, 1.54) is 11.3 Å². The molecule has 0 unspecified atom stereocenters. The number of hydrogen-bond donors (Lipinski definition) is 0. The van der Waals surface area contributed by atoms with Crippen molar-refractivity contribution < 1.29 is 14.4 Å². The third kappa shape index (κ3) is 4.42. The van der Waals surface area contributed by atoms with Crippen molar-refractivity contribution in [2.45, 2.75) is 52.6 Å². The number of aromatic nitrogens is 1. The fraction of sp³-hybridized carbons (Fsp3) is 0.458. The Morgan fingerprint density at radius 1 is 1.23 bits per heavy atom. The van der Waals surface area contributed by atoms with Gasteiger partial charge >= 0.3 is 0 Å². The van der Waals surface area contributed by atoms with Crippen molar-refractivity contribution in [3.05, 3.63) is 40.9 Å². The van der Waals surface area contributed by atoms with Crippen molar-refractivity contribution in [3.63, 3.8) is 0 Å². The summed E-state index contributed by atoms with van der Waals surface area (Å²) in [7, 11) is 0. The Labute approximate surface area is 187 Å². The van der Waals surface area contributed by atoms with Crippen LogP contribution >= 0.6 is 11.8 Å². The third-order valence-electron chi connectivity index (χ3n) is 5.96. The summed E-state index contributed by atoms with van der Waals surface area (Å²) in [6, 6.07) is 8.15. The van der Waals surface area contributed by atoms with E-state index < -0.39 is 0 Å². The van der Waals surface area contributed by atoms with E-state index in [0.717, 1.165) is 47.6 Å². The lowest BCUT2D eigenvalue weighted by Crippen LogP contribution is -2.43. The second-order valence-electron chi connectivity index (χ2n) is 8.85. The Kier molecular flexibility index (Phi) is 6.23. The van der Waals surface area contributed by atoms with Gasteiger partial charge in [0.15, 0.2) is 0 Å². The number of thioether (sulfide) groups is 1. The van der Waals surface area contributed by atoms with E-state index in [9.17, 15) is 14.4 Å². The number of para-hydroxylation sites is 1. The molecule has 7 heteroatoms. The Morgan fingerprint density at radius 3 is 2.74 bits per heavy atom. The number of nitrogens with zero attached hydrogens (tertiary/aromatic N) is 3. The Bertz CT molecular complexity index is 1060. The summed E-state index contributed by atoms with van der Waals surface area (Å²) in [5.74, 6) is 0.105. The summed E-state index contributed by atoms with van der Waals surface area (Å²) in [6.45, 7) is 7.60. The molecule has 1 aromatic heterocycles. The molecule has 1 atom stereocenters. The molecule has 2 fully saturated rings. The van der Waals surface area contributed by atoms with Gasteiger partial charge in [-0.25, -0.2) is 0 Å². The topological polar surface area (TPSA) is 62.6 Å². The summed E-state index contributed by atoms with van der Waals surface area (Å²) in [6.07, 6.45) is 6.99. The van der Waals surface area contributed by atoms with Crippen molar-refractivity contribution in [1.29, 1.82) is 0 Å². The van der Waals surface area contributed by atoms with Crippen LogP contribution in [0.3, 0.4) is 0 Å². The van der Waals surface area contributed by atoms with E-state index in [2.05, 4.69) is 6.92 Å². The highest BCUT2D eigenvalue weighted by molar-refractivity contribution is 8.18. The molecule has 0 radical (unpaired) electrons. The molecule has 31 heavy (non-hydrogen) atoms. The highest BCUT2D eigenvalue weighted by atomic mass is 32.2. The van der Waals surface area contributed by atoms with Gasteiger partial charge in [0.2, 0.25) is 5.91 Å². The van der Waals surface area contributed by atoms with Crippen LogP contribution in [0, 0.1) is 5.92 Å². The van der Waals surface area contributed by atoms with Crippen molar-refractivity contribution in [2.24, 2.45) is 5.92 Å². The van der Waals surface area contributed by atoms with Gasteiger partial charge in [-0.05, 0) is 56.0 Å². The summed E-state index contributed by atoms with van der Waals surface area (Å²) in [5.41, 5.74) is 1.80. The lowest BCUT2D eigenvalue weighted by molar-refractivity contribution is -0.135. The van der Waals surface area contributed by atoms with E-state index in [1.54, 1.807) is 6.08 Å². The molecule has 0 bridgehead atoms. The molecule has 2 aliphatic heterocycles. The fourth-order valence-corrected chi connectivity index (χ4v) is 5.23. The number of piperidine rings is 1. The minimum Gasteiger partial charge on any atom is -0.338 e. The molecule has 0 aliphatic carbocycles. The molecule has 0 saturated carbocycles. The van der Waals surface area contributed by atoms with Gasteiger partial charge in [0.25, 0.3) is 11.1 Å². The number of hydrogen-bond acceptors (Lipinski definition) is 4. The zero-order valence-electron chi connectivity index (χ0n) is 18.3. The molecule has 164 valence electrons. The third-order valence-corrected chi connectivity index (χ3v) is 6.86. The summed E-state index contributed by atoms with van der Waals surface area (Å²) in [5, 5.41) is 0.751. The van der Waals surface area contributed by atoms with E-state index in [4.69, 9.17) is 0 Å². The van der Waals surface area contributed by atoms with Crippen LogP contribution in [0.5, 0.6) is 0 Å². The van der Waals surface area contributed by atoms with Crippen LogP contribution in [-0.2, 0) is 16.1 Å². The zero-order chi connectivity index (χ0) is 22.1. The lowest BCUT2D eigenvalue weighted by atomic mass is 10.0. The van der Waals surface area contributed by atoms with Gasteiger partial charge in [-0.3, -0.25) is 19.3 Å². The largest absolute Gasteiger partial charge is 0.338 e. The Morgan fingerprint density at radius 2 is 2.00 bits per heavy atom. The van der Waals surface area contributed by atoms with Gasteiger partial charge in [-0.1, -0.05) is 32.0 Å². The van der Waals surface area contributed by atoms with Gasteiger partial charge in [-0.15, -0.1) is 0 Å². The van der Waals surface area contributed by atoms with Crippen LogP contribution in [0.15, 0.2) is 35.4 Å². The standard InChI is InChI=1S/C24H29N3O3S/c1-16(2)13-27-23(29)21(31-24(27)30)12-18-14-25(20-10-5-4-9-19(18)20)15-22(28)26-11-7-6-8-17(26)3/h4-5,9-10,12,14,16-17H,6-8,11,13,15H2,1-3H3/b21-12-/t17-/m1/s1. The molecule has 2 aromatic rings. The molecular formula is C24H29N3O3S. The first-order chi connectivity index (χ1) is 14.8. The number of amides is 3. The van der Waals surface area contributed by atoms with Crippen molar-refractivity contribution >= 4 is 45.8 Å². The maximum Gasteiger partial charge on any atom is 0.293 e. The monoisotopic (exact) mass is 439 g/mol. The number of carbonyl (C=O) groups excluding carboxylic acids is 3. The van der Waals surface area contributed by atoms with Gasteiger partial charge in [0, 0.05) is 41.8 Å². The van der Waals surface area contributed by atoms with Gasteiger partial charge in [0.1, 0.15) is 6.54 Å². The number of fused-ring (bicyclic) bond motifs is 1. The lowest BCUT2D eigenvalue weighted by Gasteiger charge is -2.33. The zero-order valence-corrected chi connectivity index (χ0v) is 19.2. The number of imide groups is 1. The van der Waals surface area contributed by atoms with Crippen LogP contribution in [-0.4, -0.2) is 50.6 Å². The predicted octanol–water partition coefficient (Wildman–Crippen LogP) is 4.73. The van der Waals surface area contributed by atoms with Crippen LogP contribution in [0.2, 0.25) is 0 Å². The molecule has 6 nitrogen and oxygen atoms in total. The summed E-state index contributed by atoms with van der Waals surface area (Å²) >= 11 is 0.987. The summed E-state index contributed by atoms with van der Waals surface area (Å²) < 4.78 is 1.96. The van der Waals surface area contributed by atoms with Crippen molar-refractivity contribution in [3.8, 4) is 0 Å². The normalized spacial score (nSPS) is 21.2. The molecule has 2 saturated heterocycles. The minimum atomic E-state index is -0.237. The maximum absolute atomic E-state index is 13.0. The highest BCUT2D eigenvalue weighted by Crippen LogP contribution is 2.34. The van der Waals surface area contributed by atoms with Gasteiger partial charge < -0.3 is 9.47 Å². The SMILES string of the molecule is CC(C)CN1C(=O)S/C(=C\c2cn(CC(=O)N3CCCC[C@H]3C)c3ccccc23)C1=O.